The second kappa shape index (κ2) is 62.6. The summed E-state index contributed by atoms with van der Waals surface area (Å²) in [4.78, 5) is 12.5. The number of carbonyl (C=O) groups excluding carboxylic acids is 1. The molecule has 72 heavy (non-hydrogen) atoms. The molecule has 0 radical (unpaired) electrons. The summed E-state index contributed by atoms with van der Waals surface area (Å²) < 4.78 is 0. The number of rotatable bonds is 57. The quantitative estimate of drug-likeness (QED) is 0.0420. The van der Waals surface area contributed by atoms with Crippen LogP contribution in [0.25, 0.3) is 0 Å². The van der Waals surface area contributed by atoms with E-state index >= 15 is 0 Å². The highest BCUT2D eigenvalue weighted by Crippen LogP contribution is 2.17. The zero-order valence-electron chi connectivity index (χ0n) is 47.9. The highest BCUT2D eigenvalue weighted by molar-refractivity contribution is 5.76. The van der Waals surface area contributed by atoms with Gasteiger partial charge in [-0.1, -0.05) is 323 Å². The van der Waals surface area contributed by atoms with Crippen molar-refractivity contribution in [2.75, 3.05) is 6.61 Å². The van der Waals surface area contributed by atoms with Crippen molar-refractivity contribution < 1.29 is 15.0 Å². The van der Waals surface area contributed by atoms with Crippen molar-refractivity contribution in [1.29, 1.82) is 0 Å². The predicted octanol–water partition coefficient (Wildman–Crippen LogP) is 21.3. The van der Waals surface area contributed by atoms with E-state index in [1.54, 1.807) is 6.08 Å². The Morgan fingerprint density at radius 3 is 0.917 bits per heavy atom. The maximum atomic E-state index is 12.5. The Kier molecular flexibility index (Phi) is 60.3. The van der Waals surface area contributed by atoms with Crippen LogP contribution < -0.4 is 5.32 Å². The standard InChI is InChI=1S/C68H121NO3/c1-3-5-7-9-11-13-15-17-19-21-23-25-26-27-28-29-30-31-32-33-34-35-36-37-38-39-40-41-42-44-46-48-50-52-54-56-58-60-62-64-68(72)69-66(65-70)67(71)63-61-59-57-55-53-51-49-47-45-43-24-22-20-18-16-14-12-10-8-6-4-2/h5,7,11,13,17,19,23,25,27-28,30-31,33-34,61,63,66-67,70-71H,3-4,6,8-10,12,14-16,18,20-22,24,26,29,32,35-60,62,64-65H2,1-2H3,(H,69,72)/b7-5-,13-11-,19-17-,25-23-,28-27-,31-30-,34-33-,63-61+. The van der Waals surface area contributed by atoms with Gasteiger partial charge < -0.3 is 15.5 Å². The molecule has 4 heteroatoms. The third-order valence-corrected chi connectivity index (χ3v) is 14.1. The van der Waals surface area contributed by atoms with Crippen LogP contribution in [0.4, 0.5) is 0 Å². The summed E-state index contributed by atoms with van der Waals surface area (Å²) in [6, 6.07) is -0.626. The van der Waals surface area contributed by atoms with Crippen LogP contribution in [0.2, 0.25) is 0 Å². The molecule has 1 amide bonds. The van der Waals surface area contributed by atoms with Crippen molar-refractivity contribution in [1.82, 2.24) is 5.32 Å². The first-order valence-electron chi connectivity index (χ1n) is 31.5. The minimum absolute atomic E-state index is 0.0624. The lowest BCUT2D eigenvalue weighted by Gasteiger charge is -2.20. The molecule has 0 bridgehead atoms. The summed E-state index contributed by atoms with van der Waals surface area (Å²) in [5.41, 5.74) is 0. The zero-order chi connectivity index (χ0) is 52.0. The largest absolute Gasteiger partial charge is 0.394 e. The summed E-state index contributed by atoms with van der Waals surface area (Å²) in [6.07, 6.45) is 93.1. The predicted molar refractivity (Wildman–Crippen MR) is 322 cm³/mol. The average Bonchev–Trinajstić information content (AvgIpc) is 3.39. The summed E-state index contributed by atoms with van der Waals surface area (Å²) >= 11 is 0. The number of allylic oxidation sites excluding steroid dienone is 15. The van der Waals surface area contributed by atoms with Crippen LogP contribution >= 0.6 is 0 Å². The Morgan fingerprint density at radius 2 is 0.611 bits per heavy atom. The van der Waals surface area contributed by atoms with E-state index in [4.69, 9.17) is 0 Å². The molecule has 0 aromatic heterocycles. The van der Waals surface area contributed by atoms with Gasteiger partial charge >= 0.3 is 0 Å². The average molecular weight is 1000 g/mol. The fourth-order valence-corrected chi connectivity index (χ4v) is 9.34. The molecule has 0 fully saturated rings. The third-order valence-electron chi connectivity index (χ3n) is 14.1. The van der Waals surface area contributed by atoms with Crippen LogP contribution in [0.15, 0.2) is 97.2 Å². The minimum atomic E-state index is -0.843. The summed E-state index contributed by atoms with van der Waals surface area (Å²) in [5, 5.41) is 23.2. The molecule has 0 aliphatic rings. The number of aliphatic hydroxyl groups excluding tert-OH is 2. The Bertz CT molecular complexity index is 1320. The Balaban J connectivity index is 3.49. The summed E-state index contributed by atoms with van der Waals surface area (Å²) in [5.74, 6) is -0.0624. The molecule has 0 heterocycles. The second-order valence-corrected chi connectivity index (χ2v) is 21.1. The SMILES string of the molecule is CC/C=C\C/C=C\C/C=C\C/C=C\C/C=C\C/C=C\C/C=C\CCCCCCCCCCCCCCCCCCCC(=O)NC(CO)C(O)/C=C/CCCCCCCCCCCCCCCCCCCCC. The van der Waals surface area contributed by atoms with E-state index in [1.165, 1.54) is 218 Å². The number of aliphatic hydroxyl groups is 2. The van der Waals surface area contributed by atoms with Gasteiger partial charge in [0, 0.05) is 6.42 Å². The Labute approximate surface area is 449 Å². The van der Waals surface area contributed by atoms with Crippen molar-refractivity contribution in [2.45, 2.75) is 321 Å². The first kappa shape index (κ1) is 69.3. The highest BCUT2D eigenvalue weighted by Gasteiger charge is 2.18. The highest BCUT2D eigenvalue weighted by atomic mass is 16.3. The van der Waals surface area contributed by atoms with Crippen molar-refractivity contribution >= 4 is 5.91 Å². The lowest BCUT2D eigenvalue weighted by molar-refractivity contribution is -0.123. The van der Waals surface area contributed by atoms with Crippen molar-refractivity contribution in [3.63, 3.8) is 0 Å². The monoisotopic (exact) mass is 1000 g/mol. The molecule has 0 saturated carbocycles. The van der Waals surface area contributed by atoms with Crippen LogP contribution in [0.1, 0.15) is 309 Å². The van der Waals surface area contributed by atoms with Gasteiger partial charge in [-0.15, -0.1) is 0 Å². The summed E-state index contributed by atoms with van der Waals surface area (Å²) in [6.45, 7) is 4.22. The number of carbonyl (C=O) groups is 1. The van der Waals surface area contributed by atoms with Gasteiger partial charge in [0.2, 0.25) is 5.91 Å². The fourth-order valence-electron chi connectivity index (χ4n) is 9.34. The number of nitrogens with one attached hydrogen (secondary N) is 1. The van der Waals surface area contributed by atoms with Gasteiger partial charge in [0.25, 0.3) is 0 Å². The molecule has 416 valence electrons. The second-order valence-electron chi connectivity index (χ2n) is 21.1. The molecule has 0 rings (SSSR count). The van der Waals surface area contributed by atoms with E-state index < -0.39 is 12.1 Å². The van der Waals surface area contributed by atoms with E-state index in [1.807, 2.05) is 6.08 Å². The molecule has 4 nitrogen and oxygen atoms in total. The van der Waals surface area contributed by atoms with E-state index in [0.717, 1.165) is 70.6 Å². The molecule has 0 aromatic rings. The summed E-state index contributed by atoms with van der Waals surface area (Å²) in [7, 11) is 0. The molecule has 0 saturated heterocycles. The van der Waals surface area contributed by atoms with Crippen LogP contribution in [0.3, 0.4) is 0 Å². The van der Waals surface area contributed by atoms with E-state index in [-0.39, 0.29) is 12.5 Å². The van der Waals surface area contributed by atoms with Crippen molar-refractivity contribution in [2.24, 2.45) is 0 Å². The molecule has 0 spiro atoms. The smallest absolute Gasteiger partial charge is 0.220 e. The molecule has 2 atom stereocenters. The van der Waals surface area contributed by atoms with Crippen LogP contribution in [-0.2, 0) is 4.79 Å². The zero-order valence-corrected chi connectivity index (χ0v) is 47.9. The third kappa shape index (κ3) is 58.2. The maximum Gasteiger partial charge on any atom is 0.220 e. The van der Waals surface area contributed by atoms with E-state index in [2.05, 4.69) is 104 Å². The van der Waals surface area contributed by atoms with E-state index in [0.29, 0.717) is 6.42 Å². The van der Waals surface area contributed by atoms with Crippen LogP contribution in [0, 0.1) is 0 Å². The number of hydrogen-bond acceptors (Lipinski definition) is 3. The lowest BCUT2D eigenvalue weighted by Crippen LogP contribution is -2.45. The van der Waals surface area contributed by atoms with Crippen LogP contribution in [0.5, 0.6) is 0 Å². The first-order chi connectivity index (χ1) is 35.7. The number of amides is 1. The molecule has 2 unspecified atom stereocenters. The van der Waals surface area contributed by atoms with Gasteiger partial charge in [0.05, 0.1) is 18.8 Å². The molecule has 0 aliphatic heterocycles. The van der Waals surface area contributed by atoms with Gasteiger partial charge in [-0.25, -0.2) is 0 Å². The van der Waals surface area contributed by atoms with E-state index in [9.17, 15) is 15.0 Å². The van der Waals surface area contributed by atoms with Crippen LogP contribution in [-0.4, -0.2) is 34.9 Å². The molecular formula is C68H121NO3. The Morgan fingerprint density at radius 1 is 0.347 bits per heavy atom. The first-order valence-corrected chi connectivity index (χ1v) is 31.5. The van der Waals surface area contributed by atoms with Crippen molar-refractivity contribution in [3.8, 4) is 0 Å². The van der Waals surface area contributed by atoms with Crippen molar-refractivity contribution in [3.05, 3.63) is 97.2 Å². The number of unbranched alkanes of at least 4 members (excludes halogenated alkanes) is 36. The van der Waals surface area contributed by atoms with Gasteiger partial charge in [-0.2, -0.15) is 0 Å². The number of hydrogen-bond donors (Lipinski definition) is 3. The van der Waals surface area contributed by atoms with Gasteiger partial charge in [0.1, 0.15) is 0 Å². The fraction of sp³-hybridized carbons (Fsp3) is 0.750. The topological polar surface area (TPSA) is 69.6 Å². The Hall–Kier alpha value is -2.69. The van der Waals surface area contributed by atoms with Gasteiger partial charge in [-0.05, 0) is 77.0 Å². The normalized spacial score (nSPS) is 13.4. The molecule has 3 N–H and O–H groups in total. The lowest BCUT2D eigenvalue weighted by atomic mass is 10.0. The molecular weight excluding hydrogens is 879 g/mol. The maximum absolute atomic E-state index is 12.5. The minimum Gasteiger partial charge on any atom is -0.394 e. The van der Waals surface area contributed by atoms with Gasteiger partial charge in [0.15, 0.2) is 0 Å². The molecule has 0 aliphatic carbocycles. The molecule has 0 aromatic carbocycles. The van der Waals surface area contributed by atoms with Gasteiger partial charge in [-0.3, -0.25) is 4.79 Å².